The summed E-state index contributed by atoms with van der Waals surface area (Å²) in [6, 6.07) is 4.90. The van der Waals surface area contributed by atoms with Crippen LogP contribution < -0.4 is 9.47 Å². The molecule has 1 aliphatic rings. The van der Waals surface area contributed by atoms with Crippen LogP contribution in [0.25, 0.3) is 6.08 Å². The van der Waals surface area contributed by atoms with Crippen molar-refractivity contribution in [2.45, 2.75) is 25.2 Å². The van der Waals surface area contributed by atoms with Crippen molar-refractivity contribution in [2.24, 2.45) is 0 Å². The molecule has 0 radical (unpaired) electrons. The molecule has 160 valence electrons. The largest absolute Gasteiger partial charge is 0.454 e. The third kappa shape index (κ3) is 4.56. The molecule has 0 fully saturated rings. The van der Waals surface area contributed by atoms with Gasteiger partial charge in [0.05, 0.1) is 16.5 Å². The van der Waals surface area contributed by atoms with Crippen LogP contribution in [0.2, 0.25) is 5.02 Å². The van der Waals surface area contributed by atoms with E-state index >= 15 is 0 Å². The number of ether oxygens (including phenoxy) is 2. The molecule has 0 amide bonds. The predicted molar refractivity (Wildman–Crippen MR) is 96.9 cm³/mol. The molecule has 0 saturated carbocycles. The average molecular weight is 451 g/mol. The van der Waals surface area contributed by atoms with Crippen LogP contribution in [-0.2, 0) is 6.18 Å². The molecule has 3 nitrogen and oxygen atoms in total. The maximum atomic E-state index is 13.6. The van der Waals surface area contributed by atoms with Gasteiger partial charge in [0.25, 0.3) is 0 Å². The number of benzene rings is 2. The van der Waals surface area contributed by atoms with Crippen molar-refractivity contribution in [3.63, 3.8) is 0 Å². The highest BCUT2D eigenvalue weighted by atomic mass is 35.5. The number of hydrogen-bond acceptors (Lipinski definition) is 3. The zero-order valence-electron chi connectivity index (χ0n) is 15.2. The monoisotopic (exact) mass is 450 g/mol. The van der Waals surface area contributed by atoms with E-state index in [-0.39, 0.29) is 34.4 Å². The highest BCUT2D eigenvalue weighted by Gasteiger charge is 2.40. The minimum absolute atomic E-state index is 0.0466. The molecule has 2 aromatic rings. The van der Waals surface area contributed by atoms with Crippen LogP contribution in [0.3, 0.4) is 0 Å². The zero-order valence-corrected chi connectivity index (χ0v) is 16.0. The van der Waals surface area contributed by atoms with Crippen LogP contribution in [0.5, 0.6) is 11.5 Å². The van der Waals surface area contributed by atoms with Crippen LogP contribution in [0.15, 0.2) is 36.4 Å². The Labute approximate surface area is 171 Å². The van der Waals surface area contributed by atoms with E-state index in [0.717, 1.165) is 43.3 Å². The van der Waals surface area contributed by atoms with Crippen molar-refractivity contribution in [3.8, 4) is 11.5 Å². The second-order valence-electron chi connectivity index (χ2n) is 6.47. The number of ketones is 1. The Kier molecular flexibility index (Phi) is 5.77. The third-order valence-electron chi connectivity index (χ3n) is 4.37. The Morgan fingerprint density at radius 2 is 1.80 bits per heavy atom. The van der Waals surface area contributed by atoms with E-state index in [4.69, 9.17) is 21.1 Å². The van der Waals surface area contributed by atoms with E-state index in [1.54, 1.807) is 0 Å². The van der Waals surface area contributed by atoms with E-state index in [0.29, 0.717) is 6.07 Å². The molecule has 1 unspecified atom stereocenters. The fourth-order valence-electron chi connectivity index (χ4n) is 2.99. The summed E-state index contributed by atoms with van der Waals surface area (Å²) in [6.07, 6.45) is -7.95. The maximum Gasteiger partial charge on any atom is 0.417 e. The molecule has 0 aliphatic carbocycles. The molecule has 1 atom stereocenters. The SMILES string of the molecule is CC(=O)c1ccc(/C=C/C(c2cc(Cl)c3c(c2)OCO3)C(F)(F)F)cc1C(F)(F)F. The summed E-state index contributed by atoms with van der Waals surface area (Å²) in [5, 5.41) is -0.0761. The van der Waals surface area contributed by atoms with Gasteiger partial charge in [-0.2, -0.15) is 26.3 Å². The number of fused-ring (bicyclic) bond motifs is 1. The number of carbonyl (C=O) groups is 1. The van der Waals surface area contributed by atoms with Crippen molar-refractivity contribution in [2.75, 3.05) is 6.79 Å². The van der Waals surface area contributed by atoms with E-state index in [1.807, 2.05) is 0 Å². The molecule has 2 aromatic carbocycles. The molecule has 0 N–H and O–H groups in total. The Morgan fingerprint density at radius 3 is 2.40 bits per heavy atom. The fourth-order valence-corrected chi connectivity index (χ4v) is 3.26. The van der Waals surface area contributed by atoms with Crippen LogP contribution in [0.4, 0.5) is 26.3 Å². The lowest BCUT2D eigenvalue weighted by Gasteiger charge is -2.18. The lowest BCUT2D eigenvalue weighted by atomic mass is 9.95. The number of Topliss-reactive ketones (excluding diaryl/α,β-unsaturated/α-hetero) is 1. The van der Waals surface area contributed by atoms with Crippen molar-refractivity contribution in [1.29, 1.82) is 0 Å². The zero-order chi connectivity index (χ0) is 22.3. The summed E-state index contributed by atoms with van der Waals surface area (Å²) >= 11 is 5.95. The van der Waals surface area contributed by atoms with Gasteiger partial charge in [0, 0.05) is 5.56 Å². The molecule has 3 rings (SSSR count). The van der Waals surface area contributed by atoms with Gasteiger partial charge in [-0.05, 0) is 36.2 Å². The number of rotatable bonds is 4. The number of halogens is 7. The van der Waals surface area contributed by atoms with Gasteiger partial charge in [0.1, 0.15) is 0 Å². The van der Waals surface area contributed by atoms with Crippen molar-refractivity contribution >= 4 is 23.5 Å². The Bertz CT molecular complexity index is 1010. The molecule has 10 heteroatoms. The second kappa shape index (κ2) is 7.86. The van der Waals surface area contributed by atoms with Crippen LogP contribution in [0.1, 0.15) is 39.9 Å². The quantitative estimate of drug-likeness (QED) is 0.386. The number of allylic oxidation sites excluding steroid dienone is 1. The standard InChI is InChI=1S/C20H13ClF6O3/c1-10(28)13-4-2-11(6-15(13)20(25,26)27)3-5-14(19(22,23)24)12-7-16(21)18-17(8-12)29-9-30-18/h2-8,14H,9H2,1H3/b5-3+. The van der Waals surface area contributed by atoms with Crippen molar-refractivity contribution in [1.82, 2.24) is 0 Å². The van der Waals surface area contributed by atoms with E-state index in [1.165, 1.54) is 0 Å². The molecule has 30 heavy (non-hydrogen) atoms. The molecule has 0 bridgehead atoms. The Balaban J connectivity index is 2.01. The number of carbonyl (C=O) groups excluding carboxylic acids is 1. The van der Waals surface area contributed by atoms with Gasteiger partial charge < -0.3 is 9.47 Å². The average Bonchev–Trinajstić information content (AvgIpc) is 3.09. The first kappa shape index (κ1) is 22.0. The summed E-state index contributed by atoms with van der Waals surface area (Å²) in [7, 11) is 0. The normalized spacial score (nSPS) is 14.9. The van der Waals surface area contributed by atoms with Gasteiger partial charge in [-0.1, -0.05) is 35.9 Å². The predicted octanol–water partition coefficient (Wildman–Crippen LogP) is 6.65. The molecular weight excluding hydrogens is 438 g/mol. The van der Waals surface area contributed by atoms with E-state index in [9.17, 15) is 31.1 Å². The minimum atomic E-state index is -4.83. The first-order valence-corrected chi connectivity index (χ1v) is 8.82. The lowest BCUT2D eigenvalue weighted by molar-refractivity contribution is -0.139. The third-order valence-corrected chi connectivity index (χ3v) is 4.65. The highest BCUT2D eigenvalue weighted by Crippen LogP contribution is 2.45. The van der Waals surface area contributed by atoms with Crippen LogP contribution in [0, 0.1) is 0 Å². The Morgan fingerprint density at radius 1 is 1.10 bits per heavy atom. The van der Waals surface area contributed by atoms with E-state index in [2.05, 4.69) is 0 Å². The first-order chi connectivity index (χ1) is 13.9. The highest BCUT2D eigenvalue weighted by molar-refractivity contribution is 6.32. The summed E-state index contributed by atoms with van der Waals surface area (Å²) in [5.74, 6) is -2.79. The van der Waals surface area contributed by atoms with E-state index < -0.39 is 35.2 Å². The summed E-state index contributed by atoms with van der Waals surface area (Å²) in [6.45, 7) is 0.789. The summed E-state index contributed by atoms with van der Waals surface area (Å²) in [5.41, 5.74) is -2.18. The van der Waals surface area contributed by atoms with Crippen LogP contribution >= 0.6 is 11.6 Å². The van der Waals surface area contributed by atoms with Crippen molar-refractivity contribution < 1.29 is 40.6 Å². The molecular formula is C20H13ClF6O3. The smallest absolute Gasteiger partial charge is 0.417 e. The number of alkyl halides is 6. The lowest BCUT2D eigenvalue weighted by Crippen LogP contribution is -2.19. The first-order valence-electron chi connectivity index (χ1n) is 8.44. The Hall–Kier alpha value is -2.68. The van der Waals surface area contributed by atoms with Gasteiger partial charge in [-0.15, -0.1) is 0 Å². The molecule has 0 spiro atoms. The molecule has 1 aliphatic heterocycles. The van der Waals surface area contributed by atoms with Gasteiger partial charge >= 0.3 is 12.4 Å². The summed E-state index contributed by atoms with van der Waals surface area (Å²) < 4.78 is 90.7. The van der Waals surface area contributed by atoms with Crippen molar-refractivity contribution in [3.05, 3.63) is 63.7 Å². The molecule has 0 aromatic heterocycles. The topological polar surface area (TPSA) is 35.5 Å². The van der Waals surface area contributed by atoms with Gasteiger partial charge in [0.15, 0.2) is 17.3 Å². The minimum Gasteiger partial charge on any atom is -0.454 e. The molecule has 0 saturated heterocycles. The second-order valence-corrected chi connectivity index (χ2v) is 6.88. The summed E-state index contributed by atoms with van der Waals surface area (Å²) in [4.78, 5) is 11.4. The number of hydrogen-bond donors (Lipinski definition) is 0. The fraction of sp³-hybridized carbons (Fsp3) is 0.250. The van der Waals surface area contributed by atoms with Gasteiger partial charge in [-0.3, -0.25) is 4.79 Å². The van der Waals surface area contributed by atoms with Crippen LogP contribution in [-0.4, -0.2) is 18.8 Å². The van der Waals surface area contributed by atoms with Gasteiger partial charge in [0.2, 0.25) is 6.79 Å². The van der Waals surface area contributed by atoms with Gasteiger partial charge in [-0.25, -0.2) is 0 Å². The molecule has 1 heterocycles. The maximum absolute atomic E-state index is 13.6.